The lowest BCUT2D eigenvalue weighted by Crippen LogP contribution is -2.41. The Morgan fingerprint density at radius 2 is 1.85 bits per heavy atom. The number of imide groups is 1. The zero-order chi connectivity index (χ0) is 14.7. The summed E-state index contributed by atoms with van der Waals surface area (Å²) >= 11 is 0. The van der Waals surface area contributed by atoms with E-state index in [1.807, 2.05) is 0 Å². The molecule has 5 nitrogen and oxygen atoms in total. The maximum absolute atomic E-state index is 12.1. The number of carbonyl (C=O) groups excluding carboxylic acids is 2. The highest BCUT2D eigenvalue weighted by Crippen LogP contribution is 2.22. The highest BCUT2D eigenvalue weighted by molar-refractivity contribution is 6.21. The molecular weight excluding hydrogens is 256 g/mol. The van der Waals surface area contributed by atoms with Gasteiger partial charge in [-0.1, -0.05) is 18.1 Å². The molecule has 0 fully saturated rings. The monoisotopic (exact) mass is 272 g/mol. The number of nitrogens with zero attached hydrogens (tertiary/aromatic N) is 2. The molecule has 2 rings (SSSR count). The Morgan fingerprint density at radius 1 is 1.30 bits per heavy atom. The van der Waals surface area contributed by atoms with Crippen LogP contribution in [0.5, 0.6) is 0 Å². The van der Waals surface area contributed by atoms with Crippen molar-refractivity contribution in [3.8, 4) is 12.3 Å². The number of likely N-dealkylation sites (N-methyl/N-ethyl adjacent to an activating group) is 1. The second kappa shape index (κ2) is 5.87. The second-order valence-electron chi connectivity index (χ2n) is 4.82. The van der Waals surface area contributed by atoms with Gasteiger partial charge in [-0.15, -0.1) is 6.42 Å². The van der Waals surface area contributed by atoms with Gasteiger partial charge in [-0.3, -0.25) is 19.4 Å². The maximum Gasteiger partial charge on any atom is 0.261 e. The van der Waals surface area contributed by atoms with Gasteiger partial charge in [0.05, 0.1) is 30.3 Å². The standard InChI is InChI=1S/C15H16N2O3/c1-3-8-16(2)9-11(18)10-17-14(19)12-6-4-5-7-13(12)15(17)20/h1,4-7,11,18H,8-10H2,2H3. The molecule has 1 aliphatic rings. The summed E-state index contributed by atoms with van der Waals surface area (Å²) < 4.78 is 0. The van der Waals surface area contributed by atoms with Crippen molar-refractivity contribution in [2.24, 2.45) is 0 Å². The number of hydrogen-bond acceptors (Lipinski definition) is 4. The van der Waals surface area contributed by atoms with E-state index in [1.54, 1.807) is 36.2 Å². The molecule has 104 valence electrons. The Kier molecular flexibility index (Phi) is 4.18. The molecule has 1 unspecified atom stereocenters. The molecule has 5 heteroatoms. The molecule has 0 spiro atoms. The van der Waals surface area contributed by atoms with Crippen molar-refractivity contribution in [1.82, 2.24) is 9.80 Å². The van der Waals surface area contributed by atoms with Crippen LogP contribution >= 0.6 is 0 Å². The average Bonchev–Trinajstić information content (AvgIpc) is 2.65. The van der Waals surface area contributed by atoms with Crippen LogP contribution in [0, 0.1) is 12.3 Å². The molecule has 0 saturated heterocycles. The minimum Gasteiger partial charge on any atom is -0.390 e. The Balaban J connectivity index is 2.04. The first-order chi connectivity index (χ1) is 9.54. The summed E-state index contributed by atoms with van der Waals surface area (Å²) in [4.78, 5) is 27.0. The third kappa shape index (κ3) is 2.72. The van der Waals surface area contributed by atoms with Gasteiger partial charge < -0.3 is 5.11 Å². The number of rotatable bonds is 5. The fourth-order valence-electron chi connectivity index (χ4n) is 2.25. The fourth-order valence-corrected chi connectivity index (χ4v) is 2.25. The molecule has 2 amide bonds. The van der Waals surface area contributed by atoms with Crippen LogP contribution in [0.25, 0.3) is 0 Å². The van der Waals surface area contributed by atoms with Gasteiger partial charge in [-0.25, -0.2) is 0 Å². The summed E-state index contributed by atoms with van der Waals surface area (Å²) in [6, 6.07) is 6.66. The molecule has 1 atom stereocenters. The van der Waals surface area contributed by atoms with Gasteiger partial charge in [-0.2, -0.15) is 0 Å². The molecule has 20 heavy (non-hydrogen) atoms. The predicted octanol–water partition coefficient (Wildman–Crippen LogP) is 0.208. The van der Waals surface area contributed by atoms with E-state index >= 15 is 0 Å². The first-order valence-electron chi connectivity index (χ1n) is 6.30. The van der Waals surface area contributed by atoms with Gasteiger partial charge >= 0.3 is 0 Å². The zero-order valence-electron chi connectivity index (χ0n) is 11.2. The summed E-state index contributed by atoms with van der Waals surface area (Å²) in [6.45, 7) is 0.679. The summed E-state index contributed by atoms with van der Waals surface area (Å²) in [5, 5.41) is 9.96. The number of carbonyl (C=O) groups is 2. The van der Waals surface area contributed by atoms with Gasteiger partial charge in [0.15, 0.2) is 0 Å². The van der Waals surface area contributed by atoms with Crippen LogP contribution in [0.2, 0.25) is 0 Å². The Morgan fingerprint density at radius 3 is 2.35 bits per heavy atom. The van der Waals surface area contributed by atoms with Gasteiger partial charge in [0, 0.05) is 6.54 Å². The van der Waals surface area contributed by atoms with Crippen molar-refractivity contribution >= 4 is 11.8 Å². The molecule has 0 aromatic heterocycles. The largest absolute Gasteiger partial charge is 0.390 e. The summed E-state index contributed by atoms with van der Waals surface area (Å²) in [6.07, 6.45) is 4.35. The number of amides is 2. The molecule has 1 N–H and O–H groups in total. The van der Waals surface area contributed by atoms with Gasteiger partial charge in [0.2, 0.25) is 0 Å². The maximum atomic E-state index is 12.1. The number of terminal acetylenes is 1. The molecular formula is C15H16N2O3. The smallest absolute Gasteiger partial charge is 0.261 e. The lowest BCUT2D eigenvalue weighted by atomic mass is 10.1. The second-order valence-corrected chi connectivity index (χ2v) is 4.82. The van der Waals surface area contributed by atoms with Crippen molar-refractivity contribution in [3.05, 3.63) is 35.4 Å². The average molecular weight is 272 g/mol. The van der Waals surface area contributed by atoms with E-state index in [2.05, 4.69) is 5.92 Å². The van der Waals surface area contributed by atoms with Crippen LogP contribution in [0.15, 0.2) is 24.3 Å². The number of benzene rings is 1. The Bertz CT molecular complexity index is 542. The van der Waals surface area contributed by atoms with E-state index in [9.17, 15) is 14.7 Å². The molecule has 1 aromatic carbocycles. The van der Waals surface area contributed by atoms with Crippen LogP contribution < -0.4 is 0 Å². The van der Waals surface area contributed by atoms with Crippen molar-refractivity contribution in [2.45, 2.75) is 6.10 Å². The predicted molar refractivity (Wildman–Crippen MR) is 74.1 cm³/mol. The molecule has 0 radical (unpaired) electrons. The Hall–Kier alpha value is -2.16. The lowest BCUT2D eigenvalue weighted by molar-refractivity contribution is 0.0500. The van der Waals surface area contributed by atoms with Crippen molar-refractivity contribution in [1.29, 1.82) is 0 Å². The van der Waals surface area contributed by atoms with Crippen molar-refractivity contribution in [3.63, 3.8) is 0 Å². The third-order valence-electron chi connectivity index (χ3n) is 3.16. The minimum absolute atomic E-state index is 0.0265. The first kappa shape index (κ1) is 14.3. The van der Waals surface area contributed by atoms with Crippen LogP contribution in [-0.2, 0) is 0 Å². The van der Waals surface area contributed by atoms with E-state index in [-0.39, 0.29) is 18.4 Å². The fraction of sp³-hybridized carbons (Fsp3) is 0.333. The van der Waals surface area contributed by atoms with Crippen LogP contribution in [0.1, 0.15) is 20.7 Å². The normalized spacial score (nSPS) is 15.4. The summed E-state index contributed by atoms with van der Waals surface area (Å²) in [7, 11) is 1.77. The van der Waals surface area contributed by atoms with Gasteiger partial charge in [0.1, 0.15) is 0 Å². The number of aliphatic hydroxyl groups excluding tert-OH is 1. The Labute approximate surface area is 117 Å². The number of fused-ring (bicyclic) bond motifs is 1. The van der Waals surface area contributed by atoms with Crippen molar-refractivity contribution in [2.75, 3.05) is 26.7 Å². The number of hydrogen-bond donors (Lipinski definition) is 1. The topological polar surface area (TPSA) is 60.9 Å². The SMILES string of the molecule is C#CCN(C)CC(O)CN1C(=O)c2ccccc2C1=O. The van der Waals surface area contributed by atoms with Crippen LogP contribution in [-0.4, -0.2) is 59.5 Å². The van der Waals surface area contributed by atoms with E-state index < -0.39 is 6.10 Å². The molecule has 0 bridgehead atoms. The molecule has 1 aliphatic heterocycles. The molecule has 1 heterocycles. The highest BCUT2D eigenvalue weighted by Gasteiger charge is 2.36. The van der Waals surface area contributed by atoms with Crippen molar-refractivity contribution < 1.29 is 14.7 Å². The van der Waals surface area contributed by atoms with Crippen LogP contribution in [0.3, 0.4) is 0 Å². The zero-order valence-corrected chi connectivity index (χ0v) is 11.2. The third-order valence-corrected chi connectivity index (χ3v) is 3.16. The minimum atomic E-state index is -0.824. The number of β-amino-alcohol motifs (C(OH)–C–C–N with tert-alkyl or cyclic N) is 1. The quantitative estimate of drug-likeness (QED) is 0.615. The van der Waals surface area contributed by atoms with Gasteiger partial charge in [-0.05, 0) is 19.2 Å². The summed E-state index contributed by atoms with van der Waals surface area (Å²) in [5.41, 5.74) is 0.781. The van der Waals surface area contributed by atoms with Gasteiger partial charge in [0.25, 0.3) is 11.8 Å². The summed E-state index contributed by atoms with van der Waals surface area (Å²) in [5.74, 6) is 1.75. The number of aliphatic hydroxyl groups is 1. The van der Waals surface area contributed by atoms with E-state index in [0.717, 1.165) is 4.90 Å². The highest BCUT2D eigenvalue weighted by atomic mass is 16.3. The van der Waals surface area contributed by atoms with E-state index in [0.29, 0.717) is 24.2 Å². The molecule has 0 saturated carbocycles. The first-order valence-corrected chi connectivity index (χ1v) is 6.30. The molecule has 1 aromatic rings. The molecule has 0 aliphatic carbocycles. The lowest BCUT2D eigenvalue weighted by Gasteiger charge is -2.22. The van der Waals surface area contributed by atoms with E-state index in [1.165, 1.54) is 0 Å². The van der Waals surface area contributed by atoms with E-state index in [4.69, 9.17) is 6.42 Å². The van der Waals surface area contributed by atoms with Crippen LogP contribution in [0.4, 0.5) is 0 Å².